The van der Waals surface area contributed by atoms with E-state index in [4.69, 9.17) is 5.26 Å². The Labute approximate surface area is 127 Å². The van der Waals surface area contributed by atoms with Crippen molar-refractivity contribution in [1.82, 2.24) is 0 Å². The van der Waals surface area contributed by atoms with Gasteiger partial charge in [0.25, 0.3) is 5.92 Å². The van der Waals surface area contributed by atoms with E-state index >= 15 is 0 Å². The Balaban J connectivity index is 1.89. The van der Waals surface area contributed by atoms with Gasteiger partial charge < -0.3 is 5.11 Å². The molecule has 1 N–H and O–H groups in total. The van der Waals surface area contributed by atoms with Gasteiger partial charge in [-0.3, -0.25) is 0 Å². The van der Waals surface area contributed by atoms with Crippen LogP contribution in [0.15, 0.2) is 48.5 Å². The highest BCUT2D eigenvalue weighted by molar-refractivity contribution is 5.51. The molecule has 0 saturated heterocycles. The van der Waals surface area contributed by atoms with Crippen molar-refractivity contribution in [2.24, 2.45) is 0 Å². The lowest BCUT2D eigenvalue weighted by Crippen LogP contribution is -2.28. The molecule has 1 aliphatic carbocycles. The van der Waals surface area contributed by atoms with Crippen molar-refractivity contribution in [3.05, 3.63) is 77.1 Å². The van der Waals surface area contributed by atoms with E-state index in [0.29, 0.717) is 16.7 Å². The summed E-state index contributed by atoms with van der Waals surface area (Å²) in [5.74, 6) is -2.79. The highest BCUT2D eigenvalue weighted by Gasteiger charge is 2.54. The first-order valence-corrected chi connectivity index (χ1v) is 6.93. The molecule has 0 amide bonds. The maximum Gasteiger partial charge on any atom is 0.269 e. The fourth-order valence-corrected chi connectivity index (χ4v) is 2.81. The third kappa shape index (κ3) is 2.43. The van der Waals surface area contributed by atoms with Crippen LogP contribution < -0.4 is 0 Å². The van der Waals surface area contributed by atoms with E-state index in [9.17, 15) is 13.9 Å². The minimum atomic E-state index is -3.01. The summed E-state index contributed by atoms with van der Waals surface area (Å²) in [4.78, 5) is 0. The Hall–Kier alpha value is -2.41. The second kappa shape index (κ2) is 5.42. The summed E-state index contributed by atoms with van der Waals surface area (Å²) in [6, 6.07) is 14.1. The second-order valence-electron chi connectivity index (χ2n) is 5.27. The molecule has 3 rings (SSSR count). The van der Waals surface area contributed by atoms with Gasteiger partial charge in [-0.2, -0.15) is 5.26 Å². The number of hydrogen-bond donors (Lipinski definition) is 1. The predicted molar refractivity (Wildman–Crippen MR) is 78.1 cm³/mol. The first-order chi connectivity index (χ1) is 10.5. The molecular formula is C18H13F2NO. The highest BCUT2D eigenvalue weighted by Crippen LogP contribution is 2.53. The van der Waals surface area contributed by atoms with Crippen molar-refractivity contribution in [2.45, 2.75) is 18.8 Å². The lowest BCUT2D eigenvalue weighted by atomic mass is 9.88. The number of phenolic OH excluding ortho intramolecular Hbond substituents is 1. The highest BCUT2D eigenvalue weighted by atomic mass is 19.3. The quantitative estimate of drug-likeness (QED) is 0.901. The van der Waals surface area contributed by atoms with Gasteiger partial charge >= 0.3 is 0 Å². The SMILES string of the molecule is N#Cc1ccc([C]2CC[C](c3ccc(O)cc3)C2(F)F)cc1. The molecule has 4 heteroatoms. The van der Waals surface area contributed by atoms with E-state index in [-0.39, 0.29) is 30.4 Å². The summed E-state index contributed by atoms with van der Waals surface area (Å²) in [7, 11) is 0. The number of nitriles is 1. The summed E-state index contributed by atoms with van der Waals surface area (Å²) in [5.41, 5.74) is 1.37. The van der Waals surface area contributed by atoms with Crippen molar-refractivity contribution in [2.75, 3.05) is 0 Å². The van der Waals surface area contributed by atoms with Crippen molar-refractivity contribution < 1.29 is 13.9 Å². The molecule has 110 valence electrons. The topological polar surface area (TPSA) is 44.0 Å². The van der Waals surface area contributed by atoms with Gasteiger partial charge in [0.2, 0.25) is 0 Å². The minimum absolute atomic E-state index is 0.0574. The number of alkyl halides is 2. The molecular weight excluding hydrogens is 284 g/mol. The van der Waals surface area contributed by atoms with E-state index in [1.165, 1.54) is 24.3 Å². The molecule has 0 atom stereocenters. The van der Waals surface area contributed by atoms with Gasteiger partial charge in [-0.05, 0) is 48.2 Å². The van der Waals surface area contributed by atoms with Crippen LogP contribution in [0.2, 0.25) is 0 Å². The van der Waals surface area contributed by atoms with Crippen molar-refractivity contribution >= 4 is 0 Å². The Morgan fingerprint density at radius 2 is 1.32 bits per heavy atom. The molecule has 2 radical (unpaired) electrons. The molecule has 2 nitrogen and oxygen atoms in total. The number of halogens is 2. The molecule has 0 unspecified atom stereocenters. The second-order valence-corrected chi connectivity index (χ2v) is 5.27. The smallest absolute Gasteiger partial charge is 0.269 e. The molecule has 1 saturated carbocycles. The van der Waals surface area contributed by atoms with E-state index in [1.54, 1.807) is 24.3 Å². The maximum absolute atomic E-state index is 14.7. The first kappa shape index (κ1) is 14.5. The molecule has 0 spiro atoms. The van der Waals surface area contributed by atoms with Gasteiger partial charge in [0, 0.05) is 0 Å². The average Bonchev–Trinajstić information content (AvgIpc) is 2.83. The predicted octanol–water partition coefficient (Wildman–Crippen LogP) is 4.24. The van der Waals surface area contributed by atoms with Gasteiger partial charge in [0.1, 0.15) is 5.75 Å². The van der Waals surface area contributed by atoms with Crippen LogP contribution in [-0.2, 0) is 0 Å². The molecule has 1 aliphatic rings. The van der Waals surface area contributed by atoms with Gasteiger partial charge in [-0.1, -0.05) is 24.3 Å². The number of hydrogen-bond acceptors (Lipinski definition) is 2. The summed E-state index contributed by atoms with van der Waals surface area (Å²) < 4.78 is 29.5. The van der Waals surface area contributed by atoms with Crippen LogP contribution in [0.3, 0.4) is 0 Å². The van der Waals surface area contributed by atoms with Crippen LogP contribution in [0.25, 0.3) is 0 Å². The molecule has 2 aromatic rings. The fraction of sp³-hybridized carbons (Fsp3) is 0.167. The Kier molecular flexibility index (Phi) is 3.58. The number of phenols is 1. The lowest BCUT2D eigenvalue weighted by molar-refractivity contribution is 0.0555. The monoisotopic (exact) mass is 297 g/mol. The van der Waals surface area contributed by atoms with Crippen LogP contribution in [0.1, 0.15) is 29.5 Å². The third-order valence-electron chi connectivity index (χ3n) is 3.96. The molecule has 0 aliphatic heterocycles. The molecule has 1 fully saturated rings. The zero-order chi connectivity index (χ0) is 15.7. The van der Waals surface area contributed by atoms with Crippen molar-refractivity contribution in [3.63, 3.8) is 0 Å². The van der Waals surface area contributed by atoms with Gasteiger partial charge in [0.05, 0.1) is 23.5 Å². The number of aromatic hydroxyl groups is 1. The molecule has 0 aromatic heterocycles. The Morgan fingerprint density at radius 3 is 1.77 bits per heavy atom. The van der Waals surface area contributed by atoms with E-state index in [0.717, 1.165) is 0 Å². The van der Waals surface area contributed by atoms with Crippen LogP contribution in [-0.4, -0.2) is 11.0 Å². The molecule has 22 heavy (non-hydrogen) atoms. The van der Waals surface area contributed by atoms with Crippen LogP contribution >= 0.6 is 0 Å². The molecule has 0 heterocycles. The van der Waals surface area contributed by atoms with Crippen LogP contribution in [0.5, 0.6) is 5.75 Å². The number of benzene rings is 2. The normalized spacial score (nSPS) is 18.2. The molecule has 2 aromatic carbocycles. The summed E-state index contributed by atoms with van der Waals surface area (Å²) in [6.07, 6.45) is 0.572. The van der Waals surface area contributed by atoms with Gasteiger partial charge in [-0.25, -0.2) is 8.78 Å². The zero-order valence-corrected chi connectivity index (χ0v) is 11.7. The average molecular weight is 297 g/mol. The van der Waals surface area contributed by atoms with Crippen molar-refractivity contribution in [3.8, 4) is 11.8 Å². The summed E-state index contributed by atoms with van der Waals surface area (Å²) in [6.45, 7) is 0. The van der Waals surface area contributed by atoms with E-state index in [2.05, 4.69) is 0 Å². The minimum Gasteiger partial charge on any atom is -0.508 e. The van der Waals surface area contributed by atoms with Crippen LogP contribution in [0.4, 0.5) is 8.78 Å². The fourth-order valence-electron chi connectivity index (χ4n) is 2.81. The van der Waals surface area contributed by atoms with E-state index in [1.807, 2.05) is 6.07 Å². The largest absolute Gasteiger partial charge is 0.508 e. The standard InChI is InChI=1S/C18H13F2NO/c19-18(20)16(13-3-1-12(11-21)2-4-13)9-10-17(18)14-5-7-15(22)8-6-14/h1-8,22H,9-10H2. The van der Waals surface area contributed by atoms with Crippen LogP contribution in [0, 0.1) is 23.2 Å². The lowest BCUT2D eigenvalue weighted by Gasteiger charge is -2.24. The number of rotatable bonds is 2. The maximum atomic E-state index is 14.7. The first-order valence-electron chi connectivity index (χ1n) is 6.93. The Bertz CT molecular complexity index is 701. The van der Waals surface area contributed by atoms with E-state index < -0.39 is 5.92 Å². The number of nitrogens with zero attached hydrogens (tertiary/aromatic N) is 1. The zero-order valence-electron chi connectivity index (χ0n) is 11.7. The van der Waals surface area contributed by atoms with Gasteiger partial charge in [-0.15, -0.1) is 0 Å². The van der Waals surface area contributed by atoms with Crippen molar-refractivity contribution in [1.29, 1.82) is 5.26 Å². The molecule has 0 bridgehead atoms. The summed E-state index contributed by atoms with van der Waals surface area (Å²) >= 11 is 0. The van der Waals surface area contributed by atoms with Gasteiger partial charge in [0.15, 0.2) is 0 Å². The summed E-state index contributed by atoms with van der Waals surface area (Å²) in [5, 5.41) is 18.1. The Morgan fingerprint density at radius 1 is 0.864 bits per heavy atom. The third-order valence-corrected chi connectivity index (χ3v) is 3.96.